The predicted octanol–water partition coefficient (Wildman–Crippen LogP) is -0.350. The minimum Gasteiger partial charge on any atom is -0.480 e. The van der Waals surface area contributed by atoms with Crippen molar-refractivity contribution in [1.82, 2.24) is 15.5 Å². The van der Waals surface area contributed by atoms with Crippen molar-refractivity contribution in [3.05, 3.63) is 0 Å². The number of piperazine rings is 1. The van der Waals surface area contributed by atoms with Gasteiger partial charge in [-0.1, -0.05) is 6.92 Å². The lowest BCUT2D eigenvalue weighted by molar-refractivity contribution is -0.144. The first kappa shape index (κ1) is 14.9. The normalized spacial score (nSPS) is 19.3. The molecule has 1 saturated heterocycles. The summed E-state index contributed by atoms with van der Waals surface area (Å²) in [5.41, 5.74) is -0.676. The van der Waals surface area contributed by atoms with Gasteiger partial charge in [-0.3, -0.25) is 9.69 Å². The second-order valence-corrected chi connectivity index (χ2v) is 5.07. The number of rotatable bonds is 5. The number of nitrogens with one attached hydrogen (secondary N) is 2. The summed E-state index contributed by atoms with van der Waals surface area (Å²) in [5.74, 6) is -1.21. The highest BCUT2D eigenvalue weighted by Crippen LogP contribution is 2.15. The molecule has 1 heterocycles. The zero-order valence-electron chi connectivity index (χ0n) is 11.3. The highest BCUT2D eigenvalue weighted by atomic mass is 16.4. The van der Waals surface area contributed by atoms with Crippen LogP contribution in [0.4, 0.5) is 0 Å². The average molecular weight is 257 g/mol. The van der Waals surface area contributed by atoms with E-state index in [2.05, 4.69) is 15.5 Å². The number of carbonyl (C=O) groups is 2. The molecule has 0 radical (unpaired) electrons. The number of hydrogen-bond donors (Lipinski definition) is 3. The Labute approximate surface area is 108 Å². The Morgan fingerprint density at radius 3 is 2.39 bits per heavy atom. The summed E-state index contributed by atoms with van der Waals surface area (Å²) in [4.78, 5) is 25.2. The Bertz CT molecular complexity index is 312. The Morgan fingerprint density at radius 2 is 1.94 bits per heavy atom. The van der Waals surface area contributed by atoms with E-state index >= 15 is 0 Å². The summed E-state index contributed by atoms with van der Waals surface area (Å²) in [7, 11) is 0. The third-order valence-electron chi connectivity index (χ3n) is 3.47. The van der Waals surface area contributed by atoms with Gasteiger partial charge in [0.15, 0.2) is 0 Å². The van der Waals surface area contributed by atoms with Crippen LogP contribution in [0.3, 0.4) is 0 Å². The number of carboxylic acid groups (broad SMARTS) is 1. The third kappa shape index (κ3) is 3.43. The quantitative estimate of drug-likeness (QED) is 0.627. The van der Waals surface area contributed by atoms with Crippen LogP contribution in [0, 0.1) is 0 Å². The Hall–Kier alpha value is -1.14. The molecule has 6 heteroatoms. The molecule has 0 unspecified atom stereocenters. The second kappa shape index (κ2) is 6.15. The van der Waals surface area contributed by atoms with E-state index in [-0.39, 0.29) is 5.91 Å². The van der Waals surface area contributed by atoms with Crippen molar-refractivity contribution < 1.29 is 14.7 Å². The van der Waals surface area contributed by atoms with Gasteiger partial charge in [0.05, 0.1) is 5.54 Å². The van der Waals surface area contributed by atoms with Gasteiger partial charge in [-0.2, -0.15) is 0 Å². The molecular weight excluding hydrogens is 234 g/mol. The van der Waals surface area contributed by atoms with E-state index in [1.54, 1.807) is 6.92 Å². The molecule has 18 heavy (non-hydrogen) atoms. The number of nitrogens with zero attached hydrogens (tertiary/aromatic N) is 1. The van der Waals surface area contributed by atoms with Crippen LogP contribution in [-0.2, 0) is 9.59 Å². The summed E-state index contributed by atoms with van der Waals surface area (Å²) in [6.07, 6.45) is 0.388. The van der Waals surface area contributed by atoms with Crippen molar-refractivity contribution in [2.75, 3.05) is 26.2 Å². The van der Waals surface area contributed by atoms with Crippen molar-refractivity contribution in [1.29, 1.82) is 0 Å². The van der Waals surface area contributed by atoms with Gasteiger partial charge < -0.3 is 15.7 Å². The summed E-state index contributed by atoms with van der Waals surface area (Å²) in [5, 5.41) is 14.8. The van der Waals surface area contributed by atoms with E-state index in [1.807, 2.05) is 13.8 Å². The van der Waals surface area contributed by atoms with Gasteiger partial charge in [-0.05, 0) is 20.3 Å². The molecule has 1 aliphatic rings. The van der Waals surface area contributed by atoms with Crippen LogP contribution >= 0.6 is 0 Å². The molecule has 1 rings (SSSR count). The average Bonchev–Trinajstić information content (AvgIpc) is 2.36. The number of amides is 1. The van der Waals surface area contributed by atoms with Crippen LogP contribution in [-0.4, -0.2) is 59.6 Å². The van der Waals surface area contributed by atoms with E-state index in [0.29, 0.717) is 6.42 Å². The number of aliphatic carboxylic acids is 1. The molecule has 0 aromatic carbocycles. The molecule has 1 aliphatic heterocycles. The van der Waals surface area contributed by atoms with E-state index in [4.69, 9.17) is 5.11 Å². The summed E-state index contributed by atoms with van der Waals surface area (Å²) in [6, 6.07) is -0.806. The van der Waals surface area contributed by atoms with Gasteiger partial charge in [-0.25, -0.2) is 4.79 Å². The second-order valence-electron chi connectivity index (χ2n) is 5.07. The Balaban J connectivity index is 2.65. The monoisotopic (exact) mass is 257 g/mol. The standard InChI is InChI=1S/C12H23N3O3/c1-4-9(10(16)17)14-11(18)12(2,3)15-7-5-13-6-8-15/h9,13H,4-8H2,1-3H3,(H,14,18)(H,16,17)/t9-/m0/s1. The van der Waals surface area contributed by atoms with Crippen molar-refractivity contribution in [3.63, 3.8) is 0 Å². The van der Waals surface area contributed by atoms with E-state index in [1.165, 1.54) is 0 Å². The lowest BCUT2D eigenvalue weighted by atomic mass is 9.99. The van der Waals surface area contributed by atoms with E-state index < -0.39 is 17.6 Å². The van der Waals surface area contributed by atoms with E-state index in [9.17, 15) is 9.59 Å². The van der Waals surface area contributed by atoms with E-state index in [0.717, 1.165) is 26.2 Å². The van der Waals surface area contributed by atoms with Crippen LogP contribution in [0.5, 0.6) is 0 Å². The van der Waals surface area contributed by atoms with Crippen LogP contribution in [0.25, 0.3) is 0 Å². The topological polar surface area (TPSA) is 81.7 Å². The van der Waals surface area contributed by atoms with Gasteiger partial charge in [-0.15, -0.1) is 0 Å². The molecule has 0 aliphatic carbocycles. The van der Waals surface area contributed by atoms with Crippen LogP contribution in [0.2, 0.25) is 0 Å². The largest absolute Gasteiger partial charge is 0.480 e. The molecule has 1 fully saturated rings. The third-order valence-corrected chi connectivity index (χ3v) is 3.47. The van der Waals surface area contributed by atoms with Crippen LogP contribution in [0.15, 0.2) is 0 Å². The molecule has 0 bridgehead atoms. The fourth-order valence-corrected chi connectivity index (χ4v) is 2.04. The Morgan fingerprint density at radius 1 is 1.39 bits per heavy atom. The van der Waals surface area contributed by atoms with Gasteiger partial charge in [0.1, 0.15) is 6.04 Å². The molecule has 0 aromatic rings. The minimum atomic E-state index is -0.984. The number of hydrogen-bond acceptors (Lipinski definition) is 4. The fraction of sp³-hybridized carbons (Fsp3) is 0.833. The summed E-state index contributed by atoms with van der Waals surface area (Å²) < 4.78 is 0. The predicted molar refractivity (Wildman–Crippen MR) is 68.4 cm³/mol. The molecule has 0 saturated carbocycles. The first-order valence-electron chi connectivity index (χ1n) is 6.39. The molecule has 104 valence electrons. The zero-order chi connectivity index (χ0) is 13.8. The minimum absolute atomic E-state index is 0.223. The molecule has 6 nitrogen and oxygen atoms in total. The first-order valence-corrected chi connectivity index (χ1v) is 6.39. The first-order chi connectivity index (χ1) is 8.39. The number of carbonyl (C=O) groups excluding carboxylic acids is 1. The molecule has 3 N–H and O–H groups in total. The highest BCUT2D eigenvalue weighted by molar-refractivity contribution is 5.89. The maximum absolute atomic E-state index is 12.2. The smallest absolute Gasteiger partial charge is 0.326 e. The molecule has 0 aromatic heterocycles. The van der Waals surface area contributed by atoms with Crippen molar-refractivity contribution >= 4 is 11.9 Å². The lowest BCUT2D eigenvalue weighted by Gasteiger charge is -2.40. The SMILES string of the molecule is CC[C@H](NC(=O)C(C)(C)N1CCNCC1)C(=O)O. The Kier molecular flexibility index (Phi) is 5.10. The summed E-state index contributed by atoms with van der Waals surface area (Å²) in [6.45, 7) is 8.72. The summed E-state index contributed by atoms with van der Waals surface area (Å²) >= 11 is 0. The highest BCUT2D eigenvalue weighted by Gasteiger charge is 2.36. The molecule has 0 spiro atoms. The molecular formula is C12H23N3O3. The van der Waals surface area contributed by atoms with Gasteiger partial charge in [0, 0.05) is 26.2 Å². The van der Waals surface area contributed by atoms with Crippen molar-refractivity contribution in [2.24, 2.45) is 0 Å². The van der Waals surface area contributed by atoms with Crippen molar-refractivity contribution in [3.8, 4) is 0 Å². The molecule has 1 atom stereocenters. The number of carboxylic acids is 1. The fourth-order valence-electron chi connectivity index (χ4n) is 2.04. The van der Waals surface area contributed by atoms with Gasteiger partial charge >= 0.3 is 5.97 Å². The van der Waals surface area contributed by atoms with Crippen molar-refractivity contribution in [2.45, 2.75) is 38.8 Å². The maximum atomic E-state index is 12.2. The van der Waals surface area contributed by atoms with Gasteiger partial charge in [0.25, 0.3) is 0 Å². The van der Waals surface area contributed by atoms with Crippen LogP contribution < -0.4 is 10.6 Å². The van der Waals surface area contributed by atoms with Crippen LogP contribution in [0.1, 0.15) is 27.2 Å². The van der Waals surface area contributed by atoms with Gasteiger partial charge in [0.2, 0.25) is 5.91 Å². The maximum Gasteiger partial charge on any atom is 0.326 e. The zero-order valence-corrected chi connectivity index (χ0v) is 11.3. The molecule has 1 amide bonds. The lowest BCUT2D eigenvalue weighted by Crippen LogP contribution is -2.61.